The van der Waals surface area contributed by atoms with Crippen LogP contribution in [0.25, 0.3) is 17.1 Å². The summed E-state index contributed by atoms with van der Waals surface area (Å²) < 4.78 is 48.3. The third-order valence-corrected chi connectivity index (χ3v) is 8.84. The van der Waals surface area contributed by atoms with Crippen molar-refractivity contribution in [2.45, 2.75) is 52.8 Å². The summed E-state index contributed by atoms with van der Waals surface area (Å²) in [5, 5.41) is 8.17. The van der Waals surface area contributed by atoms with Crippen molar-refractivity contribution < 1.29 is 27.4 Å². The molecule has 254 valence electrons. The number of ether oxygens (including phenoxy) is 2. The lowest BCUT2D eigenvalue weighted by Crippen LogP contribution is -2.38. The molecular weight excluding hydrogens is 641 g/mol. The average molecular weight is 681 g/mol. The van der Waals surface area contributed by atoms with Crippen LogP contribution in [0.15, 0.2) is 78.0 Å². The Hall–Kier alpha value is -4.52. The third-order valence-electron chi connectivity index (χ3n) is 7.78. The first kappa shape index (κ1) is 34.8. The van der Waals surface area contributed by atoms with Crippen LogP contribution in [0.3, 0.4) is 0 Å². The number of nitrogens with zero attached hydrogens (tertiary/aromatic N) is 5. The SMILES string of the molecule is COc1ccc(C(C)C)c(N2CCCSC2=NC(=O)NCC(C)(C)Cc2ccc(-c3ncn(-c4ccc(OC(F)(F)F)cc4)n3)cc2)c1. The molecule has 1 aliphatic heterocycles. The van der Waals surface area contributed by atoms with E-state index in [1.54, 1.807) is 18.9 Å². The smallest absolute Gasteiger partial charge is 0.497 e. The minimum absolute atomic E-state index is 0.254. The summed E-state index contributed by atoms with van der Waals surface area (Å²) in [6.45, 7) is 9.70. The quantitative estimate of drug-likeness (QED) is 0.180. The minimum atomic E-state index is -4.75. The molecule has 1 fully saturated rings. The minimum Gasteiger partial charge on any atom is -0.497 e. The van der Waals surface area contributed by atoms with Gasteiger partial charge in [-0.3, -0.25) is 0 Å². The van der Waals surface area contributed by atoms with Crippen LogP contribution in [0, 0.1) is 5.41 Å². The van der Waals surface area contributed by atoms with E-state index < -0.39 is 6.36 Å². The van der Waals surface area contributed by atoms with Crippen molar-refractivity contribution in [3.63, 3.8) is 0 Å². The van der Waals surface area contributed by atoms with E-state index in [2.05, 4.69) is 63.8 Å². The topological polar surface area (TPSA) is 93.9 Å². The number of rotatable bonds is 10. The highest BCUT2D eigenvalue weighted by Crippen LogP contribution is 2.35. The molecule has 13 heteroatoms. The molecule has 1 aromatic heterocycles. The van der Waals surface area contributed by atoms with Gasteiger partial charge in [-0.15, -0.1) is 18.3 Å². The largest absolute Gasteiger partial charge is 0.573 e. The van der Waals surface area contributed by atoms with Crippen LogP contribution in [-0.4, -0.2) is 58.3 Å². The number of nitrogens with one attached hydrogen (secondary N) is 1. The maximum atomic E-state index is 13.1. The molecule has 1 aliphatic rings. The normalized spacial score (nSPS) is 14.8. The molecule has 0 saturated carbocycles. The lowest BCUT2D eigenvalue weighted by Gasteiger charge is -2.32. The van der Waals surface area contributed by atoms with Crippen molar-refractivity contribution >= 4 is 28.6 Å². The van der Waals surface area contributed by atoms with Crippen molar-refractivity contribution in [2.24, 2.45) is 10.4 Å². The van der Waals surface area contributed by atoms with Gasteiger partial charge in [0.1, 0.15) is 17.8 Å². The Morgan fingerprint density at radius 2 is 1.75 bits per heavy atom. The van der Waals surface area contributed by atoms with Crippen LogP contribution < -0.4 is 19.7 Å². The molecule has 0 atom stereocenters. The molecule has 3 aromatic carbocycles. The van der Waals surface area contributed by atoms with Crippen molar-refractivity contribution in [3.8, 4) is 28.6 Å². The van der Waals surface area contributed by atoms with Gasteiger partial charge in [0.25, 0.3) is 0 Å². The first-order valence-corrected chi connectivity index (χ1v) is 16.6. The summed E-state index contributed by atoms with van der Waals surface area (Å²) in [5.41, 5.74) is 4.36. The molecule has 4 aromatic rings. The first-order valence-electron chi connectivity index (χ1n) is 15.6. The fraction of sp³-hybridized carbons (Fsp3) is 0.371. The number of carbonyl (C=O) groups is 1. The van der Waals surface area contributed by atoms with E-state index in [1.807, 2.05) is 36.4 Å². The third kappa shape index (κ3) is 9.09. The van der Waals surface area contributed by atoms with Crippen LogP contribution in [0.5, 0.6) is 11.5 Å². The highest BCUT2D eigenvalue weighted by Gasteiger charge is 2.31. The van der Waals surface area contributed by atoms with Gasteiger partial charge in [-0.05, 0) is 65.6 Å². The van der Waals surface area contributed by atoms with Gasteiger partial charge in [0.05, 0.1) is 12.8 Å². The van der Waals surface area contributed by atoms with Crippen LogP contribution in [-0.2, 0) is 6.42 Å². The van der Waals surface area contributed by atoms with Crippen LogP contribution in [0.2, 0.25) is 0 Å². The lowest BCUT2D eigenvalue weighted by atomic mass is 9.85. The van der Waals surface area contributed by atoms with Gasteiger partial charge >= 0.3 is 12.4 Å². The van der Waals surface area contributed by atoms with E-state index in [0.717, 1.165) is 41.3 Å². The predicted molar refractivity (Wildman–Crippen MR) is 183 cm³/mol. The van der Waals surface area contributed by atoms with Gasteiger partial charge < -0.3 is 19.7 Å². The maximum Gasteiger partial charge on any atom is 0.573 e. The second-order valence-corrected chi connectivity index (χ2v) is 13.6. The molecule has 1 N–H and O–H groups in total. The number of alkyl halides is 3. The second kappa shape index (κ2) is 14.7. The summed E-state index contributed by atoms with van der Waals surface area (Å²) >= 11 is 1.59. The molecule has 0 spiro atoms. The summed E-state index contributed by atoms with van der Waals surface area (Å²) in [6.07, 6.45) is -1.55. The van der Waals surface area contributed by atoms with Crippen molar-refractivity contribution in [3.05, 3.63) is 84.2 Å². The molecule has 0 aliphatic carbocycles. The first-order chi connectivity index (χ1) is 22.8. The number of hydrogen-bond donors (Lipinski definition) is 1. The summed E-state index contributed by atoms with van der Waals surface area (Å²) in [7, 11) is 1.65. The number of hydrogen-bond acceptors (Lipinski definition) is 6. The number of amides is 2. The van der Waals surface area contributed by atoms with E-state index in [-0.39, 0.29) is 17.2 Å². The number of benzene rings is 3. The molecule has 2 amide bonds. The number of aliphatic imine (C=N–C) groups is 1. The predicted octanol–water partition coefficient (Wildman–Crippen LogP) is 8.24. The van der Waals surface area contributed by atoms with Crippen molar-refractivity contribution in [1.82, 2.24) is 20.1 Å². The number of halogens is 3. The molecule has 1 saturated heterocycles. The fourth-order valence-corrected chi connectivity index (χ4v) is 6.35. The number of urea groups is 1. The van der Waals surface area contributed by atoms with E-state index >= 15 is 0 Å². The van der Waals surface area contributed by atoms with E-state index in [1.165, 1.54) is 40.8 Å². The molecule has 0 unspecified atom stereocenters. The van der Waals surface area contributed by atoms with Crippen LogP contribution in [0.4, 0.5) is 23.7 Å². The van der Waals surface area contributed by atoms with Gasteiger partial charge in [-0.25, -0.2) is 14.5 Å². The lowest BCUT2D eigenvalue weighted by molar-refractivity contribution is -0.274. The highest BCUT2D eigenvalue weighted by molar-refractivity contribution is 8.14. The Labute approximate surface area is 282 Å². The summed E-state index contributed by atoms with van der Waals surface area (Å²) in [4.78, 5) is 24.1. The van der Waals surface area contributed by atoms with Gasteiger partial charge in [0.15, 0.2) is 11.0 Å². The van der Waals surface area contributed by atoms with Gasteiger partial charge in [-0.2, -0.15) is 4.99 Å². The monoisotopic (exact) mass is 680 g/mol. The molecule has 0 bridgehead atoms. The molecule has 5 rings (SSSR count). The molecule has 9 nitrogen and oxygen atoms in total. The van der Waals surface area contributed by atoms with Gasteiger partial charge in [0, 0.05) is 36.2 Å². The fourth-order valence-electron chi connectivity index (χ4n) is 5.40. The zero-order chi connectivity index (χ0) is 34.5. The Morgan fingerprint density at radius 3 is 2.42 bits per heavy atom. The standard InChI is InChI=1S/C35H39F3N6O3S/c1-23(2)29-16-15-28(46-5)19-30(29)43-17-6-18-48-33(43)41-32(45)39-21-34(3,4)20-24-7-9-25(10-8-24)31-40-22-44(42-31)26-11-13-27(14-12-26)47-35(36,37)38/h7-16,19,22-23H,6,17-18,20-21H2,1-5H3,(H,39,45). The van der Waals surface area contributed by atoms with Crippen LogP contribution in [0.1, 0.15) is 51.2 Å². The molecular formula is C35H39F3N6O3S. The zero-order valence-electron chi connectivity index (χ0n) is 27.5. The number of amidine groups is 1. The summed E-state index contributed by atoms with van der Waals surface area (Å²) in [6, 6.07) is 18.9. The number of carbonyl (C=O) groups excluding carboxylic acids is 1. The van der Waals surface area contributed by atoms with E-state index in [4.69, 9.17) is 4.74 Å². The average Bonchev–Trinajstić information content (AvgIpc) is 3.54. The number of aromatic nitrogens is 3. The van der Waals surface area contributed by atoms with Crippen LogP contribution >= 0.6 is 11.8 Å². The Balaban J connectivity index is 1.19. The maximum absolute atomic E-state index is 13.1. The number of anilines is 1. The molecule has 0 radical (unpaired) electrons. The Bertz CT molecular complexity index is 1740. The van der Waals surface area contributed by atoms with E-state index in [0.29, 0.717) is 35.6 Å². The Kier molecular flexibility index (Phi) is 10.7. The highest BCUT2D eigenvalue weighted by atomic mass is 32.2. The van der Waals surface area contributed by atoms with E-state index in [9.17, 15) is 18.0 Å². The summed E-state index contributed by atoms with van der Waals surface area (Å²) in [5.74, 6) is 2.13. The van der Waals surface area contributed by atoms with Gasteiger partial charge in [0.2, 0.25) is 0 Å². The number of methoxy groups -OCH3 is 1. The Morgan fingerprint density at radius 1 is 1.04 bits per heavy atom. The molecule has 48 heavy (non-hydrogen) atoms. The number of thioether (sulfide) groups is 1. The van der Waals surface area contributed by atoms with Gasteiger partial charge in [-0.1, -0.05) is 69.8 Å². The second-order valence-electron chi connectivity index (χ2n) is 12.6. The molecule has 2 heterocycles. The van der Waals surface area contributed by atoms with Crippen molar-refractivity contribution in [2.75, 3.05) is 30.9 Å². The van der Waals surface area contributed by atoms with Crippen molar-refractivity contribution in [1.29, 1.82) is 0 Å². The zero-order valence-corrected chi connectivity index (χ0v) is 28.4.